The Balaban J connectivity index is 1.61. The quantitative estimate of drug-likeness (QED) is 0.567. The zero-order chi connectivity index (χ0) is 21.7. The van der Waals surface area contributed by atoms with E-state index in [0.29, 0.717) is 17.3 Å². The summed E-state index contributed by atoms with van der Waals surface area (Å²) in [6.45, 7) is 8.99. The number of hydrogen-bond donors (Lipinski definition) is 2. The van der Waals surface area contributed by atoms with E-state index in [9.17, 15) is 5.11 Å². The Morgan fingerprint density at radius 1 is 1.07 bits per heavy atom. The predicted octanol–water partition coefficient (Wildman–Crippen LogP) is 4.91. The number of aromatic hydroxyl groups is 1. The van der Waals surface area contributed by atoms with Crippen molar-refractivity contribution in [3.05, 3.63) is 41.0 Å². The molecule has 3 aromatic rings. The van der Waals surface area contributed by atoms with Crippen LogP contribution in [0.25, 0.3) is 22.2 Å². The molecule has 0 unspecified atom stereocenters. The summed E-state index contributed by atoms with van der Waals surface area (Å²) in [6.07, 6.45) is 3.81. The monoisotopic (exact) mass is 469 g/mol. The van der Waals surface area contributed by atoms with Gasteiger partial charge < -0.3 is 15.3 Å². The molecule has 0 bridgehead atoms. The molecule has 1 aliphatic rings. The van der Waals surface area contributed by atoms with Gasteiger partial charge in [0.05, 0.1) is 11.2 Å². The molecule has 0 atom stereocenters. The minimum atomic E-state index is 0.0624. The Morgan fingerprint density at radius 2 is 1.77 bits per heavy atom. The summed E-state index contributed by atoms with van der Waals surface area (Å²) in [4.78, 5) is 6.64. The van der Waals surface area contributed by atoms with Gasteiger partial charge in [-0.1, -0.05) is 0 Å². The summed E-state index contributed by atoms with van der Waals surface area (Å²) >= 11 is 3.41. The molecule has 4 rings (SSSR count). The first-order chi connectivity index (χ1) is 14.0. The molecule has 2 aromatic heterocycles. The molecule has 3 heterocycles. The van der Waals surface area contributed by atoms with Crippen LogP contribution in [-0.4, -0.2) is 44.5 Å². The molecule has 1 fully saturated rings. The molecule has 0 saturated carbocycles. The first kappa shape index (κ1) is 21.0. The van der Waals surface area contributed by atoms with Gasteiger partial charge in [0.2, 0.25) is 0 Å². The van der Waals surface area contributed by atoms with E-state index in [-0.39, 0.29) is 16.8 Å². The zero-order valence-electron chi connectivity index (χ0n) is 18.1. The Hall–Kier alpha value is -2.25. The number of phenolic OH excluding ortho intramolecular Hbond substituents is 1. The number of nitrogens with one attached hydrogen (secondary N) is 1. The van der Waals surface area contributed by atoms with Crippen molar-refractivity contribution in [2.45, 2.75) is 57.7 Å². The van der Waals surface area contributed by atoms with Crippen LogP contribution in [0.3, 0.4) is 0 Å². The summed E-state index contributed by atoms with van der Waals surface area (Å²) in [5.41, 5.74) is 2.18. The third-order valence-electron chi connectivity index (χ3n) is 5.77. The van der Waals surface area contributed by atoms with Crippen LogP contribution in [0, 0.1) is 0 Å². The van der Waals surface area contributed by atoms with Gasteiger partial charge in [-0.15, -0.1) is 10.2 Å². The average Bonchev–Trinajstić information content (AvgIpc) is 2.64. The highest BCUT2D eigenvalue weighted by molar-refractivity contribution is 9.10. The first-order valence-electron chi connectivity index (χ1n) is 10.2. The number of aromatic nitrogens is 3. The van der Waals surface area contributed by atoms with Crippen molar-refractivity contribution < 1.29 is 5.11 Å². The van der Waals surface area contributed by atoms with Crippen LogP contribution in [-0.2, 0) is 0 Å². The minimum absolute atomic E-state index is 0.0624. The first-order valence-corrected chi connectivity index (χ1v) is 11.0. The van der Waals surface area contributed by atoms with Gasteiger partial charge in [-0.3, -0.25) is 4.98 Å². The summed E-state index contributed by atoms with van der Waals surface area (Å²) in [7, 11) is 2.08. The molecule has 1 aliphatic heterocycles. The lowest BCUT2D eigenvalue weighted by molar-refractivity contribution is 0.160. The fourth-order valence-electron chi connectivity index (χ4n) is 4.73. The van der Waals surface area contributed by atoms with Crippen molar-refractivity contribution in [1.82, 2.24) is 20.5 Å². The van der Waals surface area contributed by atoms with Gasteiger partial charge in [0.1, 0.15) is 5.75 Å². The number of pyridine rings is 1. The summed E-state index contributed by atoms with van der Waals surface area (Å²) < 4.78 is 0.874. The Bertz CT molecular complexity index is 1060. The van der Waals surface area contributed by atoms with E-state index in [2.05, 4.69) is 76.1 Å². The lowest BCUT2D eigenvalue weighted by Crippen LogP contribution is -2.62. The highest BCUT2D eigenvalue weighted by atomic mass is 79.9. The summed E-state index contributed by atoms with van der Waals surface area (Å²) in [5, 5.41) is 24.0. The number of benzene rings is 1. The molecule has 30 heavy (non-hydrogen) atoms. The van der Waals surface area contributed by atoms with Crippen molar-refractivity contribution in [1.29, 1.82) is 0 Å². The van der Waals surface area contributed by atoms with Crippen molar-refractivity contribution in [2.75, 3.05) is 11.9 Å². The molecule has 158 valence electrons. The fourth-order valence-corrected chi connectivity index (χ4v) is 5.08. The number of halogens is 1. The Morgan fingerprint density at radius 3 is 2.40 bits per heavy atom. The van der Waals surface area contributed by atoms with Crippen molar-refractivity contribution in [2.24, 2.45) is 0 Å². The van der Waals surface area contributed by atoms with Crippen LogP contribution in [0.2, 0.25) is 0 Å². The van der Waals surface area contributed by atoms with Crippen LogP contribution in [0.4, 0.5) is 5.82 Å². The fraction of sp³-hybridized carbons (Fsp3) is 0.435. The maximum atomic E-state index is 10.5. The number of nitrogens with zero attached hydrogens (tertiary/aromatic N) is 4. The third kappa shape index (κ3) is 4.27. The molecule has 6 nitrogen and oxygen atoms in total. The predicted molar refractivity (Wildman–Crippen MR) is 125 cm³/mol. The Labute approximate surface area is 185 Å². The van der Waals surface area contributed by atoms with E-state index in [1.165, 1.54) is 0 Å². The summed E-state index contributed by atoms with van der Waals surface area (Å²) in [6, 6.07) is 9.75. The molecular formula is C23H28BrN5O. The van der Waals surface area contributed by atoms with Crippen LogP contribution >= 0.6 is 15.9 Å². The van der Waals surface area contributed by atoms with Crippen molar-refractivity contribution >= 4 is 32.7 Å². The van der Waals surface area contributed by atoms with Crippen molar-refractivity contribution in [3.8, 4) is 17.0 Å². The van der Waals surface area contributed by atoms with Crippen LogP contribution in [0.1, 0.15) is 40.5 Å². The van der Waals surface area contributed by atoms with E-state index in [1.54, 1.807) is 12.3 Å². The third-order valence-corrected chi connectivity index (χ3v) is 6.20. The van der Waals surface area contributed by atoms with Gasteiger partial charge in [0, 0.05) is 45.8 Å². The second-order valence-corrected chi connectivity index (χ2v) is 10.5. The number of phenols is 1. The highest BCUT2D eigenvalue weighted by Crippen LogP contribution is 2.35. The second-order valence-electron chi connectivity index (χ2n) is 9.56. The van der Waals surface area contributed by atoms with E-state index < -0.39 is 0 Å². The molecule has 0 radical (unpaired) electrons. The molecule has 1 aromatic carbocycles. The lowest BCUT2D eigenvalue weighted by Gasteiger charge is -2.49. The summed E-state index contributed by atoms with van der Waals surface area (Å²) in [5.74, 6) is 0.999. The number of fused-ring (bicyclic) bond motifs is 1. The number of piperidine rings is 1. The normalized spacial score (nSPS) is 18.5. The Kier molecular flexibility index (Phi) is 5.22. The van der Waals surface area contributed by atoms with Crippen LogP contribution < -0.4 is 10.2 Å². The molecule has 0 amide bonds. The maximum Gasteiger partial charge on any atom is 0.151 e. The van der Waals surface area contributed by atoms with Crippen molar-refractivity contribution in [3.63, 3.8) is 0 Å². The van der Waals surface area contributed by atoms with E-state index >= 15 is 0 Å². The number of hydrogen-bond acceptors (Lipinski definition) is 6. The largest absolute Gasteiger partial charge is 0.507 e. The van der Waals surface area contributed by atoms with Gasteiger partial charge >= 0.3 is 0 Å². The average molecular weight is 470 g/mol. The minimum Gasteiger partial charge on any atom is -0.507 e. The molecule has 2 N–H and O–H groups in total. The van der Waals surface area contributed by atoms with E-state index in [4.69, 9.17) is 0 Å². The van der Waals surface area contributed by atoms with Gasteiger partial charge in [-0.2, -0.15) is 0 Å². The SMILES string of the molecule is CN(c1ccc(-c2cc3ncc(Br)cc3cc2O)nn1)C1CC(C)(C)NC(C)(C)C1. The van der Waals surface area contributed by atoms with Gasteiger partial charge in [-0.25, -0.2) is 0 Å². The smallest absolute Gasteiger partial charge is 0.151 e. The van der Waals surface area contributed by atoms with Gasteiger partial charge in [-0.05, 0) is 86.8 Å². The maximum absolute atomic E-state index is 10.5. The number of rotatable bonds is 3. The molecular weight excluding hydrogens is 442 g/mol. The van der Waals surface area contributed by atoms with E-state index in [1.807, 2.05) is 24.3 Å². The molecule has 1 saturated heterocycles. The van der Waals surface area contributed by atoms with Gasteiger partial charge in [0.15, 0.2) is 5.82 Å². The topological polar surface area (TPSA) is 74.2 Å². The molecule has 7 heteroatoms. The number of anilines is 1. The van der Waals surface area contributed by atoms with E-state index in [0.717, 1.165) is 34.0 Å². The molecule has 0 aliphatic carbocycles. The zero-order valence-corrected chi connectivity index (χ0v) is 19.7. The standard InChI is InChI=1S/C23H28BrN5O/c1-22(2)11-16(12-23(3,4)28-22)29(5)21-7-6-18(26-27-21)17-10-19-14(9-20(17)30)8-15(24)13-25-19/h6-10,13,16,28,30H,11-12H2,1-5H3. The van der Waals surface area contributed by atoms with Gasteiger partial charge in [0.25, 0.3) is 0 Å². The second kappa shape index (κ2) is 7.46. The van der Waals surface area contributed by atoms with Crippen LogP contribution in [0.15, 0.2) is 41.0 Å². The highest BCUT2D eigenvalue weighted by Gasteiger charge is 2.39. The van der Waals surface area contributed by atoms with Crippen LogP contribution in [0.5, 0.6) is 5.75 Å². The molecule has 0 spiro atoms. The lowest BCUT2D eigenvalue weighted by atomic mass is 9.79.